The number of piperidine rings is 1. The quantitative estimate of drug-likeness (QED) is 0.781. The number of aromatic nitrogens is 2. The molecule has 5 heteroatoms. The zero-order valence-corrected chi connectivity index (χ0v) is 11.1. The van der Waals surface area contributed by atoms with Crippen molar-refractivity contribution in [2.24, 2.45) is 0 Å². The van der Waals surface area contributed by atoms with E-state index in [0.717, 1.165) is 26.1 Å². The van der Waals surface area contributed by atoms with Gasteiger partial charge in [-0.05, 0) is 25.3 Å². The molecule has 1 aromatic heterocycles. The first-order valence-corrected chi connectivity index (χ1v) is 6.14. The van der Waals surface area contributed by atoms with E-state index in [1.165, 1.54) is 19.3 Å². The number of aliphatic hydroxyl groups is 1. The van der Waals surface area contributed by atoms with Gasteiger partial charge in [-0.15, -0.1) is 0 Å². The highest BCUT2D eigenvalue weighted by molar-refractivity contribution is 5.37. The van der Waals surface area contributed by atoms with Crippen molar-refractivity contribution >= 4 is 11.8 Å². The van der Waals surface area contributed by atoms with Crippen LogP contribution in [0.3, 0.4) is 0 Å². The van der Waals surface area contributed by atoms with E-state index in [0.29, 0.717) is 5.82 Å². The van der Waals surface area contributed by atoms with E-state index in [1.807, 2.05) is 13.8 Å². The van der Waals surface area contributed by atoms with Gasteiger partial charge in [0.05, 0.1) is 0 Å². The lowest BCUT2D eigenvalue weighted by molar-refractivity contribution is 0.399. The second-order valence-corrected chi connectivity index (χ2v) is 3.33. The predicted octanol–water partition coefficient (Wildman–Crippen LogP) is 1.68. The summed E-state index contributed by atoms with van der Waals surface area (Å²) < 4.78 is 0. The fourth-order valence-corrected chi connectivity index (χ4v) is 1.61. The molecule has 0 aromatic carbocycles. The fraction of sp³-hybridized carbons (Fsp3) is 0.667. The monoisotopic (exact) mass is 240 g/mol. The molecule has 0 bridgehead atoms. The molecule has 3 N–H and O–H groups in total. The standard InChI is InChI=1S/C9H14N4.C2H6.CH4O/c10-8-4-5-11-9(12-8)13-6-2-1-3-7-13;2*1-2/h4-5H,1-3,6-7H2,(H2,10,11,12);1-2H3;2H,1H3. The minimum atomic E-state index is 0.551. The fourth-order valence-electron chi connectivity index (χ4n) is 1.61. The van der Waals surface area contributed by atoms with Gasteiger partial charge in [0.1, 0.15) is 5.82 Å². The van der Waals surface area contributed by atoms with E-state index in [4.69, 9.17) is 10.8 Å². The largest absolute Gasteiger partial charge is 0.400 e. The van der Waals surface area contributed by atoms with Gasteiger partial charge in [-0.2, -0.15) is 4.98 Å². The van der Waals surface area contributed by atoms with Crippen LogP contribution >= 0.6 is 0 Å². The molecule has 1 aliphatic heterocycles. The summed E-state index contributed by atoms with van der Waals surface area (Å²) in [7, 11) is 1.00. The zero-order chi connectivity index (χ0) is 13.1. The van der Waals surface area contributed by atoms with Gasteiger partial charge in [-0.1, -0.05) is 13.8 Å². The van der Waals surface area contributed by atoms with Crippen LogP contribution in [-0.2, 0) is 0 Å². The Morgan fingerprint density at radius 3 is 2.29 bits per heavy atom. The molecular weight excluding hydrogens is 216 g/mol. The van der Waals surface area contributed by atoms with Crippen LogP contribution in [0.1, 0.15) is 33.1 Å². The number of hydrogen-bond acceptors (Lipinski definition) is 5. The van der Waals surface area contributed by atoms with Gasteiger partial charge in [-0.25, -0.2) is 4.98 Å². The Labute approximate surface area is 104 Å². The van der Waals surface area contributed by atoms with Gasteiger partial charge in [0.15, 0.2) is 0 Å². The smallest absolute Gasteiger partial charge is 0.227 e. The Hall–Kier alpha value is -1.36. The molecule has 1 aromatic rings. The maximum atomic E-state index is 7.00. The minimum absolute atomic E-state index is 0.551. The molecule has 1 fully saturated rings. The number of aliphatic hydroxyl groups excluding tert-OH is 1. The topological polar surface area (TPSA) is 75.3 Å². The van der Waals surface area contributed by atoms with E-state index >= 15 is 0 Å². The second-order valence-electron chi connectivity index (χ2n) is 3.33. The van der Waals surface area contributed by atoms with Crippen molar-refractivity contribution < 1.29 is 5.11 Å². The van der Waals surface area contributed by atoms with Crippen molar-refractivity contribution in [1.29, 1.82) is 0 Å². The average Bonchev–Trinajstić information content (AvgIpc) is 2.44. The third kappa shape index (κ3) is 5.49. The molecule has 0 amide bonds. The van der Waals surface area contributed by atoms with Crippen LogP contribution < -0.4 is 10.6 Å². The molecular formula is C12H24N4O. The summed E-state index contributed by atoms with van der Waals surface area (Å²) in [6.07, 6.45) is 5.50. The maximum Gasteiger partial charge on any atom is 0.227 e. The maximum absolute atomic E-state index is 7.00. The Morgan fingerprint density at radius 1 is 1.18 bits per heavy atom. The minimum Gasteiger partial charge on any atom is -0.400 e. The molecule has 1 saturated heterocycles. The van der Waals surface area contributed by atoms with Crippen LogP contribution in [0, 0.1) is 0 Å². The van der Waals surface area contributed by atoms with Crippen molar-refractivity contribution in [2.75, 3.05) is 30.8 Å². The highest BCUT2D eigenvalue weighted by atomic mass is 16.2. The molecule has 1 aliphatic rings. The lowest BCUT2D eigenvalue weighted by Gasteiger charge is -2.26. The number of nitrogens with zero attached hydrogens (tertiary/aromatic N) is 3. The second kappa shape index (κ2) is 9.84. The highest BCUT2D eigenvalue weighted by Gasteiger charge is 2.12. The van der Waals surface area contributed by atoms with E-state index in [1.54, 1.807) is 12.3 Å². The molecule has 17 heavy (non-hydrogen) atoms. The number of anilines is 2. The van der Waals surface area contributed by atoms with Gasteiger partial charge in [0.2, 0.25) is 5.95 Å². The molecule has 0 unspecified atom stereocenters. The molecule has 2 heterocycles. The normalized spacial score (nSPS) is 14.0. The average molecular weight is 240 g/mol. The summed E-state index contributed by atoms with van der Waals surface area (Å²) >= 11 is 0. The molecule has 0 saturated carbocycles. The SMILES string of the molecule is CC.CO.Nc1ccnc(N2CCCCC2)n1. The first-order chi connectivity index (χ1) is 8.36. The molecule has 98 valence electrons. The van der Waals surface area contributed by atoms with Crippen LogP contribution in [0.2, 0.25) is 0 Å². The molecule has 5 nitrogen and oxygen atoms in total. The van der Waals surface area contributed by atoms with Crippen LogP contribution in [0.5, 0.6) is 0 Å². The van der Waals surface area contributed by atoms with E-state index in [2.05, 4.69) is 14.9 Å². The van der Waals surface area contributed by atoms with E-state index < -0.39 is 0 Å². The molecule has 0 spiro atoms. The lowest BCUT2D eigenvalue weighted by atomic mass is 10.1. The third-order valence-electron chi connectivity index (χ3n) is 2.30. The van der Waals surface area contributed by atoms with E-state index in [9.17, 15) is 0 Å². The Balaban J connectivity index is 0.000000581. The van der Waals surface area contributed by atoms with Crippen LogP contribution in [-0.4, -0.2) is 35.3 Å². The summed E-state index contributed by atoms with van der Waals surface area (Å²) in [4.78, 5) is 10.6. The first-order valence-electron chi connectivity index (χ1n) is 6.14. The summed E-state index contributed by atoms with van der Waals surface area (Å²) in [5.74, 6) is 1.33. The number of rotatable bonds is 1. The Kier molecular flexibility index (Phi) is 9.05. The molecule has 2 rings (SSSR count). The van der Waals surface area contributed by atoms with Gasteiger partial charge in [0, 0.05) is 26.4 Å². The molecule has 0 atom stereocenters. The lowest BCUT2D eigenvalue weighted by Crippen LogP contribution is -2.31. The number of hydrogen-bond donors (Lipinski definition) is 2. The predicted molar refractivity (Wildman–Crippen MR) is 72.0 cm³/mol. The summed E-state index contributed by atoms with van der Waals surface area (Å²) in [6, 6.07) is 1.72. The molecule has 0 aliphatic carbocycles. The summed E-state index contributed by atoms with van der Waals surface area (Å²) in [5.41, 5.74) is 5.59. The van der Waals surface area contributed by atoms with Crippen LogP contribution in [0.15, 0.2) is 12.3 Å². The Morgan fingerprint density at radius 2 is 1.76 bits per heavy atom. The van der Waals surface area contributed by atoms with Gasteiger partial charge in [0.25, 0.3) is 0 Å². The van der Waals surface area contributed by atoms with Gasteiger partial charge in [-0.3, -0.25) is 0 Å². The van der Waals surface area contributed by atoms with Crippen molar-refractivity contribution in [3.63, 3.8) is 0 Å². The van der Waals surface area contributed by atoms with Gasteiger partial charge < -0.3 is 15.7 Å². The Bertz CT molecular complexity index is 288. The van der Waals surface area contributed by atoms with Crippen molar-refractivity contribution in [3.05, 3.63) is 12.3 Å². The first kappa shape index (κ1) is 15.6. The van der Waals surface area contributed by atoms with Crippen molar-refractivity contribution in [1.82, 2.24) is 9.97 Å². The highest BCUT2D eigenvalue weighted by Crippen LogP contribution is 2.15. The van der Waals surface area contributed by atoms with Crippen LogP contribution in [0.25, 0.3) is 0 Å². The van der Waals surface area contributed by atoms with Gasteiger partial charge >= 0.3 is 0 Å². The molecule has 0 radical (unpaired) electrons. The van der Waals surface area contributed by atoms with E-state index in [-0.39, 0.29) is 0 Å². The number of nitrogen functional groups attached to an aromatic ring is 1. The van der Waals surface area contributed by atoms with Crippen molar-refractivity contribution in [3.8, 4) is 0 Å². The third-order valence-corrected chi connectivity index (χ3v) is 2.30. The number of nitrogens with two attached hydrogens (primary N) is 1. The summed E-state index contributed by atoms with van der Waals surface area (Å²) in [5, 5.41) is 7.00. The summed E-state index contributed by atoms with van der Waals surface area (Å²) in [6.45, 7) is 6.12. The van der Waals surface area contributed by atoms with Crippen LogP contribution in [0.4, 0.5) is 11.8 Å². The zero-order valence-electron chi connectivity index (χ0n) is 11.1. The van der Waals surface area contributed by atoms with Crippen molar-refractivity contribution in [2.45, 2.75) is 33.1 Å².